The summed E-state index contributed by atoms with van der Waals surface area (Å²) >= 11 is 0. The Bertz CT molecular complexity index is 614. The van der Waals surface area contributed by atoms with E-state index >= 15 is 0 Å². The first kappa shape index (κ1) is 19.0. The average molecular weight is 361 g/mol. The van der Waals surface area contributed by atoms with Crippen LogP contribution in [0.3, 0.4) is 0 Å². The van der Waals surface area contributed by atoms with E-state index in [4.69, 9.17) is 14.2 Å². The maximum absolute atomic E-state index is 12.7. The minimum atomic E-state index is -0.148. The molecule has 0 amide bonds. The molecule has 3 atom stereocenters. The Morgan fingerprint density at radius 1 is 1.23 bits per heavy atom. The van der Waals surface area contributed by atoms with Crippen molar-refractivity contribution in [2.45, 2.75) is 58.4 Å². The van der Waals surface area contributed by atoms with Crippen LogP contribution >= 0.6 is 0 Å². The second kappa shape index (κ2) is 8.76. The van der Waals surface area contributed by atoms with Gasteiger partial charge in [-0.25, -0.2) is 0 Å². The topological polar surface area (TPSA) is 56.8 Å². The first-order valence-electron chi connectivity index (χ1n) is 9.97. The SMILES string of the molecule is CCOC(=O)[C@H]1[C@H](CCC(CC)CC)NC[C@@H]1c1ccc2c(c1)OCO2. The van der Waals surface area contributed by atoms with Gasteiger partial charge in [0, 0.05) is 18.5 Å². The number of benzene rings is 1. The second-order valence-corrected chi connectivity index (χ2v) is 7.27. The second-order valence-electron chi connectivity index (χ2n) is 7.27. The fraction of sp³-hybridized carbons (Fsp3) is 0.667. The van der Waals surface area contributed by atoms with E-state index < -0.39 is 0 Å². The zero-order chi connectivity index (χ0) is 18.5. The Hall–Kier alpha value is -1.75. The van der Waals surface area contributed by atoms with Gasteiger partial charge in [-0.1, -0.05) is 32.8 Å². The molecule has 1 N–H and O–H groups in total. The monoisotopic (exact) mass is 361 g/mol. The molecule has 26 heavy (non-hydrogen) atoms. The van der Waals surface area contributed by atoms with Crippen molar-refractivity contribution < 1.29 is 19.0 Å². The summed E-state index contributed by atoms with van der Waals surface area (Å²) in [7, 11) is 0. The summed E-state index contributed by atoms with van der Waals surface area (Å²) in [4.78, 5) is 12.7. The van der Waals surface area contributed by atoms with E-state index in [1.807, 2.05) is 19.1 Å². The zero-order valence-corrected chi connectivity index (χ0v) is 16.1. The highest BCUT2D eigenvalue weighted by Crippen LogP contribution is 2.40. The lowest BCUT2D eigenvalue weighted by Crippen LogP contribution is -2.34. The van der Waals surface area contributed by atoms with Crippen LogP contribution in [0.15, 0.2) is 18.2 Å². The Balaban J connectivity index is 1.77. The van der Waals surface area contributed by atoms with Gasteiger partial charge < -0.3 is 19.5 Å². The molecule has 0 aliphatic carbocycles. The van der Waals surface area contributed by atoms with E-state index in [9.17, 15) is 4.79 Å². The molecule has 1 aromatic carbocycles. The normalized spacial score (nSPS) is 24.2. The van der Waals surface area contributed by atoms with Crippen LogP contribution in [0.4, 0.5) is 0 Å². The van der Waals surface area contributed by atoms with Crippen LogP contribution in [0.1, 0.15) is 57.9 Å². The van der Waals surface area contributed by atoms with Crippen molar-refractivity contribution in [2.24, 2.45) is 11.8 Å². The average Bonchev–Trinajstić information content (AvgIpc) is 3.28. The summed E-state index contributed by atoms with van der Waals surface area (Å²) in [5.41, 5.74) is 1.12. The van der Waals surface area contributed by atoms with Gasteiger partial charge in [0.15, 0.2) is 11.5 Å². The summed E-state index contributed by atoms with van der Waals surface area (Å²) in [6.07, 6.45) is 4.54. The van der Waals surface area contributed by atoms with Crippen LogP contribution in [-0.2, 0) is 9.53 Å². The van der Waals surface area contributed by atoms with Crippen molar-refractivity contribution in [3.05, 3.63) is 23.8 Å². The maximum Gasteiger partial charge on any atom is 0.311 e. The van der Waals surface area contributed by atoms with Crippen molar-refractivity contribution in [3.63, 3.8) is 0 Å². The third-order valence-electron chi connectivity index (χ3n) is 5.89. The van der Waals surface area contributed by atoms with Crippen molar-refractivity contribution >= 4 is 5.97 Å². The largest absolute Gasteiger partial charge is 0.466 e. The number of carbonyl (C=O) groups is 1. The maximum atomic E-state index is 12.7. The molecule has 0 spiro atoms. The highest BCUT2D eigenvalue weighted by atomic mass is 16.7. The van der Waals surface area contributed by atoms with Gasteiger partial charge in [-0.2, -0.15) is 0 Å². The molecular weight excluding hydrogens is 330 g/mol. The number of carbonyl (C=O) groups excluding carboxylic acids is 1. The van der Waals surface area contributed by atoms with E-state index in [2.05, 4.69) is 25.2 Å². The number of ether oxygens (including phenoxy) is 3. The third kappa shape index (κ3) is 3.98. The number of hydrogen-bond acceptors (Lipinski definition) is 5. The molecule has 5 heteroatoms. The molecule has 2 aliphatic heterocycles. The molecule has 1 fully saturated rings. The van der Waals surface area contributed by atoms with Crippen LogP contribution in [0.25, 0.3) is 0 Å². The lowest BCUT2D eigenvalue weighted by atomic mass is 9.82. The van der Waals surface area contributed by atoms with E-state index in [0.717, 1.165) is 42.4 Å². The molecule has 2 heterocycles. The van der Waals surface area contributed by atoms with Gasteiger partial charge in [0.25, 0.3) is 0 Å². The van der Waals surface area contributed by atoms with Crippen LogP contribution in [-0.4, -0.2) is 32.0 Å². The Morgan fingerprint density at radius 3 is 2.73 bits per heavy atom. The Labute approximate surface area is 156 Å². The molecule has 1 aromatic rings. The molecule has 0 radical (unpaired) electrons. The number of nitrogens with one attached hydrogen (secondary N) is 1. The summed E-state index contributed by atoms with van der Waals surface area (Å²) in [5.74, 6) is 2.14. The van der Waals surface area contributed by atoms with Gasteiger partial charge in [-0.05, 0) is 43.4 Å². The van der Waals surface area contributed by atoms with Crippen LogP contribution in [0.5, 0.6) is 11.5 Å². The molecular formula is C21H31NO4. The number of hydrogen-bond donors (Lipinski definition) is 1. The fourth-order valence-electron chi connectivity index (χ4n) is 4.24. The summed E-state index contributed by atoms with van der Waals surface area (Å²) < 4.78 is 16.4. The Kier molecular flexibility index (Phi) is 6.41. The van der Waals surface area contributed by atoms with Crippen LogP contribution in [0.2, 0.25) is 0 Å². The first-order chi connectivity index (χ1) is 12.7. The summed E-state index contributed by atoms with van der Waals surface area (Å²) in [5, 5.41) is 3.59. The van der Waals surface area contributed by atoms with Crippen molar-refractivity contribution in [3.8, 4) is 11.5 Å². The highest BCUT2D eigenvalue weighted by molar-refractivity contribution is 5.75. The lowest BCUT2D eigenvalue weighted by molar-refractivity contribution is -0.148. The van der Waals surface area contributed by atoms with Crippen molar-refractivity contribution in [2.75, 3.05) is 19.9 Å². The molecule has 0 aromatic heterocycles. The summed E-state index contributed by atoms with van der Waals surface area (Å²) in [6, 6.07) is 6.18. The molecule has 144 valence electrons. The number of fused-ring (bicyclic) bond motifs is 1. The van der Waals surface area contributed by atoms with E-state index in [0.29, 0.717) is 6.61 Å². The van der Waals surface area contributed by atoms with E-state index in [1.54, 1.807) is 0 Å². The molecule has 0 bridgehead atoms. The van der Waals surface area contributed by atoms with Crippen LogP contribution < -0.4 is 14.8 Å². The molecule has 1 saturated heterocycles. The van der Waals surface area contributed by atoms with Crippen molar-refractivity contribution in [1.82, 2.24) is 5.32 Å². The predicted octanol–water partition coefficient (Wildman–Crippen LogP) is 3.87. The number of esters is 1. The minimum absolute atomic E-state index is 0.0882. The highest BCUT2D eigenvalue weighted by Gasteiger charge is 2.42. The van der Waals surface area contributed by atoms with Crippen LogP contribution in [0, 0.1) is 11.8 Å². The smallest absolute Gasteiger partial charge is 0.311 e. The quantitative estimate of drug-likeness (QED) is 0.713. The Morgan fingerprint density at radius 2 is 2.00 bits per heavy atom. The molecule has 3 rings (SSSR count). The molecule has 0 unspecified atom stereocenters. The predicted molar refractivity (Wildman–Crippen MR) is 101 cm³/mol. The van der Waals surface area contributed by atoms with Gasteiger partial charge in [-0.15, -0.1) is 0 Å². The molecule has 5 nitrogen and oxygen atoms in total. The van der Waals surface area contributed by atoms with E-state index in [-0.39, 0.29) is 30.6 Å². The first-order valence-corrected chi connectivity index (χ1v) is 9.97. The zero-order valence-electron chi connectivity index (χ0n) is 16.1. The fourth-order valence-corrected chi connectivity index (χ4v) is 4.24. The lowest BCUT2D eigenvalue weighted by Gasteiger charge is -2.24. The van der Waals surface area contributed by atoms with E-state index in [1.165, 1.54) is 12.8 Å². The minimum Gasteiger partial charge on any atom is -0.466 e. The standard InChI is InChI=1S/C21H31NO4/c1-4-14(5-2)7-9-17-20(21(23)24-6-3)16(12-22-17)15-8-10-18-19(11-15)26-13-25-18/h8,10-11,14,16-17,20,22H,4-7,9,12-13H2,1-3H3/t16-,17+,20-/m1/s1. The van der Waals surface area contributed by atoms with Crippen molar-refractivity contribution in [1.29, 1.82) is 0 Å². The van der Waals surface area contributed by atoms with Gasteiger partial charge >= 0.3 is 5.97 Å². The van der Waals surface area contributed by atoms with Gasteiger partial charge in [0.2, 0.25) is 6.79 Å². The van der Waals surface area contributed by atoms with Gasteiger partial charge in [-0.3, -0.25) is 4.79 Å². The summed E-state index contributed by atoms with van der Waals surface area (Å²) in [6.45, 7) is 7.83. The number of rotatable bonds is 8. The third-order valence-corrected chi connectivity index (χ3v) is 5.89. The van der Waals surface area contributed by atoms with Gasteiger partial charge in [0.1, 0.15) is 0 Å². The molecule has 0 saturated carbocycles. The molecule has 2 aliphatic rings. The van der Waals surface area contributed by atoms with Gasteiger partial charge in [0.05, 0.1) is 12.5 Å².